The average molecular weight is 567 g/mol. The molecule has 1 saturated heterocycles. The molecule has 0 bridgehead atoms. The Hall–Kier alpha value is -4.41. The van der Waals surface area contributed by atoms with Crippen molar-refractivity contribution < 1.29 is 9.53 Å². The van der Waals surface area contributed by atoms with Crippen molar-refractivity contribution in [1.82, 2.24) is 35.5 Å². The normalized spacial score (nSPS) is 14.1. The number of nitrogens with one attached hydrogen (secondary N) is 4. The minimum Gasteiger partial charge on any atom is -0.494 e. The first-order valence-corrected chi connectivity index (χ1v) is 14.6. The van der Waals surface area contributed by atoms with Crippen molar-refractivity contribution in [2.75, 3.05) is 64.9 Å². The van der Waals surface area contributed by atoms with Gasteiger partial charge in [-0.25, -0.2) is 9.97 Å². The number of ether oxygens (including phenoxy) is 1. The number of aromatic nitrogens is 4. The summed E-state index contributed by atoms with van der Waals surface area (Å²) < 4.78 is 5.92. The summed E-state index contributed by atoms with van der Waals surface area (Å²) in [4.78, 5) is 33.4. The summed E-state index contributed by atoms with van der Waals surface area (Å²) in [6.07, 6.45) is 1.10. The highest BCUT2D eigenvalue weighted by Gasteiger charge is 2.16. The fraction of sp³-hybridized carbons (Fsp3) is 0.344. The molecule has 3 aromatic carbocycles. The molecule has 1 aliphatic heterocycles. The predicted molar refractivity (Wildman–Crippen MR) is 168 cm³/mol. The van der Waals surface area contributed by atoms with Crippen LogP contribution in [0.2, 0.25) is 0 Å². The summed E-state index contributed by atoms with van der Waals surface area (Å²) >= 11 is 0. The van der Waals surface area contributed by atoms with E-state index in [4.69, 9.17) is 14.7 Å². The number of nitrogens with zero attached hydrogens (tertiary/aromatic N) is 4. The molecule has 0 atom stereocenters. The quantitative estimate of drug-likeness (QED) is 0.179. The summed E-state index contributed by atoms with van der Waals surface area (Å²) in [6, 6.07) is 20.5. The maximum Gasteiger partial charge on any atom is 0.220 e. The molecular formula is C32H38N8O2. The third-order valence-electron chi connectivity index (χ3n) is 7.71. The minimum atomic E-state index is 0.0438. The zero-order valence-electron chi connectivity index (χ0n) is 24.2. The number of carbonyl (C=O) groups is 1. The number of H-pyrrole nitrogens is 2. The standard InChI is InChI=1S/C32H38N8O2/c1-33-12-13-34-30(41)7-4-18-42-25-6-3-5-22(19-25)31-35-26-10-8-23(20-28(26)37-31)32-36-27-11-9-24(21-29(27)38-32)40-16-14-39(2)15-17-40/h3,5-6,8-11,19-21,33H,4,7,12-18H2,1-2H3,(H,34,41)(H,35,37)(H,36,38). The van der Waals surface area contributed by atoms with Gasteiger partial charge in [-0.2, -0.15) is 0 Å². The molecule has 1 aliphatic rings. The Morgan fingerprint density at radius 2 is 1.60 bits per heavy atom. The molecular weight excluding hydrogens is 528 g/mol. The van der Waals surface area contributed by atoms with E-state index in [0.29, 0.717) is 26.0 Å². The molecule has 10 nitrogen and oxygen atoms in total. The molecule has 0 spiro atoms. The second-order valence-electron chi connectivity index (χ2n) is 10.8. The van der Waals surface area contributed by atoms with Crippen molar-refractivity contribution in [2.24, 2.45) is 0 Å². The van der Waals surface area contributed by atoms with Gasteiger partial charge in [-0.1, -0.05) is 12.1 Å². The van der Waals surface area contributed by atoms with Gasteiger partial charge in [-0.05, 0) is 69.0 Å². The Labute approximate surface area is 245 Å². The fourth-order valence-corrected chi connectivity index (χ4v) is 5.26. The van der Waals surface area contributed by atoms with Crippen LogP contribution >= 0.6 is 0 Å². The summed E-state index contributed by atoms with van der Waals surface area (Å²) in [7, 11) is 4.04. The maximum atomic E-state index is 11.9. The summed E-state index contributed by atoms with van der Waals surface area (Å²) in [5.41, 5.74) is 7.00. The number of piperazine rings is 1. The molecule has 0 saturated carbocycles. The highest BCUT2D eigenvalue weighted by atomic mass is 16.5. The third-order valence-corrected chi connectivity index (χ3v) is 7.71. The van der Waals surface area contributed by atoms with Gasteiger partial charge in [-0.15, -0.1) is 0 Å². The van der Waals surface area contributed by atoms with Gasteiger partial charge in [-0.3, -0.25) is 4.79 Å². The number of amides is 1. The van der Waals surface area contributed by atoms with Gasteiger partial charge in [0.25, 0.3) is 0 Å². The number of rotatable bonds is 11. The Morgan fingerprint density at radius 3 is 2.36 bits per heavy atom. The van der Waals surface area contributed by atoms with Gasteiger partial charge in [0.2, 0.25) is 5.91 Å². The number of imidazole rings is 2. The number of aromatic amines is 2. The van der Waals surface area contributed by atoms with Gasteiger partial charge in [0.1, 0.15) is 17.4 Å². The second kappa shape index (κ2) is 12.6. The molecule has 5 aromatic rings. The number of likely N-dealkylation sites (N-methyl/N-ethyl adjacent to an activating group) is 2. The van der Waals surface area contributed by atoms with Gasteiger partial charge >= 0.3 is 0 Å². The van der Waals surface area contributed by atoms with Crippen LogP contribution in [-0.2, 0) is 4.79 Å². The van der Waals surface area contributed by atoms with Crippen LogP contribution in [0.4, 0.5) is 5.69 Å². The highest BCUT2D eigenvalue weighted by Crippen LogP contribution is 2.29. The Kier molecular flexibility index (Phi) is 8.34. The van der Waals surface area contributed by atoms with Crippen LogP contribution in [0.3, 0.4) is 0 Å². The van der Waals surface area contributed by atoms with E-state index in [1.54, 1.807) is 0 Å². The second-order valence-corrected chi connectivity index (χ2v) is 10.8. The molecule has 6 rings (SSSR count). The lowest BCUT2D eigenvalue weighted by Crippen LogP contribution is -2.44. The lowest BCUT2D eigenvalue weighted by atomic mass is 10.2. The largest absolute Gasteiger partial charge is 0.494 e. The first-order chi connectivity index (χ1) is 20.6. The molecule has 218 valence electrons. The monoisotopic (exact) mass is 566 g/mol. The molecule has 0 unspecified atom stereocenters. The highest BCUT2D eigenvalue weighted by molar-refractivity contribution is 5.87. The zero-order valence-corrected chi connectivity index (χ0v) is 24.2. The van der Waals surface area contributed by atoms with Crippen molar-refractivity contribution in [3.8, 4) is 28.5 Å². The maximum absolute atomic E-state index is 11.9. The minimum absolute atomic E-state index is 0.0438. The van der Waals surface area contributed by atoms with Crippen molar-refractivity contribution in [3.05, 3.63) is 60.7 Å². The number of carbonyl (C=O) groups excluding carboxylic acids is 1. The van der Waals surface area contributed by atoms with E-state index in [0.717, 1.165) is 83.3 Å². The number of hydrogen-bond donors (Lipinski definition) is 4. The summed E-state index contributed by atoms with van der Waals surface area (Å²) in [5.74, 6) is 2.41. The molecule has 1 fully saturated rings. The molecule has 3 heterocycles. The lowest BCUT2D eigenvalue weighted by molar-refractivity contribution is -0.121. The Bertz CT molecular complexity index is 1670. The van der Waals surface area contributed by atoms with Crippen LogP contribution in [-0.4, -0.2) is 90.7 Å². The average Bonchev–Trinajstić information content (AvgIpc) is 3.64. The Balaban J connectivity index is 1.13. The molecule has 10 heteroatoms. The topological polar surface area (TPSA) is 114 Å². The number of fused-ring (bicyclic) bond motifs is 2. The Morgan fingerprint density at radius 1 is 0.881 bits per heavy atom. The molecule has 42 heavy (non-hydrogen) atoms. The number of benzene rings is 3. The van der Waals surface area contributed by atoms with Gasteiger partial charge in [0.05, 0.1) is 28.7 Å². The fourth-order valence-electron chi connectivity index (χ4n) is 5.26. The van der Waals surface area contributed by atoms with Crippen LogP contribution < -0.4 is 20.3 Å². The summed E-state index contributed by atoms with van der Waals surface area (Å²) in [6.45, 7) is 6.09. The van der Waals surface area contributed by atoms with E-state index in [-0.39, 0.29) is 5.91 Å². The van der Waals surface area contributed by atoms with Crippen LogP contribution in [0, 0.1) is 0 Å². The van der Waals surface area contributed by atoms with Crippen LogP contribution in [0.1, 0.15) is 12.8 Å². The van der Waals surface area contributed by atoms with E-state index in [1.807, 2.05) is 37.4 Å². The smallest absolute Gasteiger partial charge is 0.220 e. The number of hydrogen-bond acceptors (Lipinski definition) is 7. The first kappa shape index (κ1) is 27.7. The van der Waals surface area contributed by atoms with Crippen molar-refractivity contribution in [1.29, 1.82) is 0 Å². The van der Waals surface area contributed by atoms with Crippen LogP contribution in [0.5, 0.6) is 5.75 Å². The number of anilines is 1. The predicted octanol–water partition coefficient (Wildman–Crippen LogP) is 4.02. The third kappa shape index (κ3) is 6.40. The summed E-state index contributed by atoms with van der Waals surface area (Å²) in [5, 5.41) is 5.90. The molecule has 0 radical (unpaired) electrons. The zero-order chi connectivity index (χ0) is 28.9. The van der Waals surface area contributed by atoms with E-state index in [1.165, 1.54) is 5.69 Å². The lowest BCUT2D eigenvalue weighted by Gasteiger charge is -2.34. The molecule has 0 aliphatic carbocycles. The van der Waals surface area contributed by atoms with Gasteiger partial charge in [0, 0.05) is 62.5 Å². The molecule has 1 amide bonds. The van der Waals surface area contributed by atoms with Crippen molar-refractivity contribution in [2.45, 2.75) is 12.8 Å². The van der Waals surface area contributed by atoms with E-state index >= 15 is 0 Å². The van der Waals surface area contributed by atoms with E-state index < -0.39 is 0 Å². The van der Waals surface area contributed by atoms with Gasteiger partial charge < -0.3 is 35.1 Å². The van der Waals surface area contributed by atoms with E-state index in [9.17, 15) is 4.79 Å². The first-order valence-electron chi connectivity index (χ1n) is 14.6. The van der Waals surface area contributed by atoms with Crippen molar-refractivity contribution >= 4 is 33.7 Å². The van der Waals surface area contributed by atoms with Crippen LogP contribution in [0.25, 0.3) is 44.8 Å². The van der Waals surface area contributed by atoms with Crippen LogP contribution in [0.15, 0.2) is 60.7 Å². The van der Waals surface area contributed by atoms with Gasteiger partial charge in [0.15, 0.2) is 0 Å². The molecule has 2 aromatic heterocycles. The van der Waals surface area contributed by atoms with E-state index in [2.05, 4.69) is 67.8 Å². The molecule has 4 N–H and O–H groups in total. The van der Waals surface area contributed by atoms with Crippen molar-refractivity contribution in [3.63, 3.8) is 0 Å². The SMILES string of the molecule is CNCCNC(=O)CCCOc1cccc(-c2nc3ccc(-c4nc5ccc(N6CCN(C)CC6)cc5[nH]4)cc3[nH]2)c1.